The fourth-order valence-electron chi connectivity index (χ4n) is 1.91. The van der Waals surface area contributed by atoms with Gasteiger partial charge in [-0.25, -0.2) is 4.79 Å². The summed E-state index contributed by atoms with van der Waals surface area (Å²) >= 11 is 1.44. The number of rotatable bonds is 5. The molecule has 0 aromatic carbocycles. The smallest absolute Gasteiger partial charge is 0.327 e. The van der Waals surface area contributed by atoms with E-state index in [1.165, 1.54) is 18.7 Å². The highest BCUT2D eigenvalue weighted by Gasteiger charge is 2.26. The maximum atomic E-state index is 10.9. The maximum Gasteiger partial charge on any atom is 0.327 e. The van der Waals surface area contributed by atoms with E-state index < -0.39 is 12.0 Å². The van der Waals surface area contributed by atoms with Crippen LogP contribution in [0.5, 0.6) is 0 Å². The van der Waals surface area contributed by atoms with E-state index in [0.717, 1.165) is 25.7 Å². The number of aliphatic hydroxyl groups excluding tert-OH is 1. The number of carbonyl (C=O) groups is 2. The molecule has 0 radical (unpaired) electrons. The third-order valence-corrected chi connectivity index (χ3v) is 4.32. The van der Waals surface area contributed by atoms with Crippen LogP contribution in [0, 0.1) is 0 Å². The van der Waals surface area contributed by atoms with Crippen LogP contribution in [-0.2, 0) is 9.59 Å². The molecule has 0 aromatic rings. The first-order chi connectivity index (χ1) is 8.00. The van der Waals surface area contributed by atoms with Crippen LogP contribution in [0.3, 0.4) is 0 Å². The van der Waals surface area contributed by atoms with Gasteiger partial charge >= 0.3 is 5.97 Å². The van der Waals surface area contributed by atoms with Gasteiger partial charge in [0.2, 0.25) is 5.91 Å². The summed E-state index contributed by atoms with van der Waals surface area (Å²) in [6, 6.07) is -0.869. The van der Waals surface area contributed by atoms with Crippen molar-refractivity contribution in [1.82, 2.24) is 5.32 Å². The summed E-state index contributed by atoms with van der Waals surface area (Å²) < 4.78 is 0. The monoisotopic (exact) mass is 261 g/mol. The minimum Gasteiger partial charge on any atom is -0.480 e. The summed E-state index contributed by atoms with van der Waals surface area (Å²) in [5.41, 5.74) is 0. The van der Waals surface area contributed by atoms with Crippen molar-refractivity contribution in [3.05, 3.63) is 0 Å². The molecule has 5 nitrogen and oxygen atoms in total. The zero-order valence-corrected chi connectivity index (χ0v) is 10.7. The molecule has 6 heteroatoms. The number of carboxylic acid groups (broad SMARTS) is 1. The van der Waals surface area contributed by atoms with Gasteiger partial charge < -0.3 is 15.5 Å². The predicted octanol–water partition coefficient (Wildman–Crippen LogP) is 0.612. The minimum atomic E-state index is -1.03. The van der Waals surface area contributed by atoms with Crippen LogP contribution >= 0.6 is 11.8 Å². The van der Waals surface area contributed by atoms with E-state index in [2.05, 4.69) is 5.32 Å². The Morgan fingerprint density at radius 3 is 2.59 bits per heavy atom. The van der Waals surface area contributed by atoms with Crippen molar-refractivity contribution in [1.29, 1.82) is 0 Å². The van der Waals surface area contributed by atoms with Gasteiger partial charge in [0.05, 0.1) is 6.10 Å². The van der Waals surface area contributed by atoms with E-state index in [-0.39, 0.29) is 17.3 Å². The molecule has 0 aromatic heterocycles. The summed E-state index contributed by atoms with van der Waals surface area (Å²) in [7, 11) is 0. The van der Waals surface area contributed by atoms with Gasteiger partial charge in [0.15, 0.2) is 0 Å². The molecule has 1 aliphatic rings. The SMILES string of the molecule is CC(=O)N[C@@H](CS[C@H]1CCCC[C@@H]1O)C(=O)O. The topological polar surface area (TPSA) is 86.6 Å². The van der Waals surface area contributed by atoms with Gasteiger partial charge in [-0.1, -0.05) is 12.8 Å². The summed E-state index contributed by atoms with van der Waals surface area (Å²) in [6.07, 6.45) is 3.47. The molecule has 98 valence electrons. The molecule has 1 aliphatic carbocycles. The first-order valence-electron chi connectivity index (χ1n) is 5.80. The first-order valence-corrected chi connectivity index (χ1v) is 6.85. The molecular formula is C11H19NO4S. The molecular weight excluding hydrogens is 242 g/mol. The van der Waals surface area contributed by atoms with Crippen molar-refractivity contribution in [3.63, 3.8) is 0 Å². The summed E-state index contributed by atoms with van der Waals surface area (Å²) in [5.74, 6) is -1.07. The predicted molar refractivity (Wildman–Crippen MR) is 66.0 cm³/mol. The van der Waals surface area contributed by atoms with Gasteiger partial charge in [0.25, 0.3) is 0 Å². The number of aliphatic hydroxyl groups is 1. The molecule has 0 unspecified atom stereocenters. The van der Waals surface area contributed by atoms with Gasteiger partial charge in [0.1, 0.15) is 6.04 Å². The van der Waals surface area contributed by atoms with Gasteiger partial charge in [-0.15, -0.1) is 0 Å². The standard InChI is InChI=1S/C11H19NO4S/c1-7(13)12-8(11(15)16)6-17-10-5-3-2-4-9(10)14/h8-10,14H,2-6H2,1H3,(H,12,13)(H,15,16)/t8-,9-,10-/m0/s1. The van der Waals surface area contributed by atoms with E-state index in [0.29, 0.717) is 5.75 Å². The van der Waals surface area contributed by atoms with Crippen LogP contribution in [0.1, 0.15) is 32.6 Å². The second kappa shape index (κ2) is 6.86. The van der Waals surface area contributed by atoms with Gasteiger partial charge in [0, 0.05) is 17.9 Å². The summed E-state index contributed by atoms with van der Waals surface area (Å²) in [5, 5.41) is 21.2. The van der Waals surface area contributed by atoms with E-state index in [4.69, 9.17) is 5.11 Å². The molecule has 0 spiro atoms. The molecule has 1 rings (SSSR count). The molecule has 17 heavy (non-hydrogen) atoms. The van der Waals surface area contributed by atoms with Crippen molar-refractivity contribution in [3.8, 4) is 0 Å². The molecule has 0 bridgehead atoms. The zero-order valence-electron chi connectivity index (χ0n) is 9.89. The Labute approximate surface area is 105 Å². The van der Waals surface area contributed by atoms with Crippen LogP contribution in [0.15, 0.2) is 0 Å². The number of hydrogen-bond acceptors (Lipinski definition) is 4. The van der Waals surface area contributed by atoms with Gasteiger partial charge in [-0.2, -0.15) is 11.8 Å². The fourth-order valence-corrected chi connectivity index (χ4v) is 3.27. The largest absolute Gasteiger partial charge is 0.480 e. The maximum absolute atomic E-state index is 10.9. The van der Waals surface area contributed by atoms with E-state index >= 15 is 0 Å². The van der Waals surface area contributed by atoms with Crippen molar-refractivity contribution in [2.24, 2.45) is 0 Å². The van der Waals surface area contributed by atoms with Crippen molar-refractivity contribution in [2.45, 2.75) is 50.0 Å². The highest BCUT2D eigenvalue weighted by molar-refractivity contribution is 8.00. The quantitative estimate of drug-likeness (QED) is 0.675. The van der Waals surface area contributed by atoms with Crippen LogP contribution in [0.25, 0.3) is 0 Å². The molecule has 3 N–H and O–H groups in total. The molecule has 0 heterocycles. The number of carboxylic acids is 1. The number of hydrogen-bond donors (Lipinski definition) is 3. The van der Waals surface area contributed by atoms with Crippen LogP contribution < -0.4 is 5.32 Å². The lowest BCUT2D eigenvalue weighted by Gasteiger charge is -2.27. The number of carbonyl (C=O) groups excluding carboxylic acids is 1. The number of aliphatic carboxylic acids is 1. The second-order valence-electron chi connectivity index (χ2n) is 4.31. The fraction of sp³-hybridized carbons (Fsp3) is 0.818. The Morgan fingerprint density at radius 2 is 2.06 bits per heavy atom. The third kappa shape index (κ3) is 4.95. The Morgan fingerprint density at radius 1 is 1.41 bits per heavy atom. The second-order valence-corrected chi connectivity index (χ2v) is 5.59. The minimum absolute atomic E-state index is 0.0966. The highest BCUT2D eigenvalue weighted by Crippen LogP contribution is 2.29. The molecule has 1 fully saturated rings. The Balaban J connectivity index is 2.39. The van der Waals surface area contributed by atoms with Gasteiger partial charge in [-0.3, -0.25) is 4.79 Å². The molecule has 1 amide bonds. The summed E-state index contributed by atoms with van der Waals surface area (Å²) in [6.45, 7) is 1.30. The van der Waals surface area contributed by atoms with E-state index in [9.17, 15) is 14.7 Å². The lowest BCUT2D eigenvalue weighted by molar-refractivity contribution is -0.140. The molecule has 3 atom stereocenters. The van der Waals surface area contributed by atoms with Crippen LogP contribution in [0.2, 0.25) is 0 Å². The molecule has 0 aliphatic heterocycles. The van der Waals surface area contributed by atoms with Crippen LogP contribution in [0.4, 0.5) is 0 Å². The average Bonchev–Trinajstić information content (AvgIpc) is 2.25. The highest BCUT2D eigenvalue weighted by atomic mass is 32.2. The van der Waals surface area contributed by atoms with E-state index in [1.54, 1.807) is 0 Å². The summed E-state index contributed by atoms with van der Waals surface area (Å²) in [4.78, 5) is 21.7. The molecule has 0 saturated heterocycles. The Hall–Kier alpha value is -0.750. The molecule has 1 saturated carbocycles. The Bertz CT molecular complexity index is 285. The normalized spacial score (nSPS) is 26.2. The Kier molecular flexibility index (Phi) is 5.77. The van der Waals surface area contributed by atoms with E-state index in [1.807, 2.05) is 0 Å². The number of thioether (sulfide) groups is 1. The lowest BCUT2D eigenvalue weighted by Crippen LogP contribution is -2.42. The zero-order chi connectivity index (χ0) is 12.8. The van der Waals surface area contributed by atoms with Gasteiger partial charge in [-0.05, 0) is 12.8 Å². The van der Waals surface area contributed by atoms with Crippen molar-refractivity contribution in [2.75, 3.05) is 5.75 Å². The van der Waals surface area contributed by atoms with Crippen LogP contribution in [-0.4, -0.2) is 45.2 Å². The lowest BCUT2D eigenvalue weighted by atomic mass is 9.97. The van der Waals surface area contributed by atoms with Crippen molar-refractivity contribution < 1.29 is 19.8 Å². The third-order valence-electron chi connectivity index (χ3n) is 2.82. The van der Waals surface area contributed by atoms with Crippen molar-refractivity contribution >= 4 is 23.6 Å². The number of amides is 1. The first kappa shape index (κ1) is 14.3. The number of nitrogens with one attached hydrogen (secondary N) is 1. The average molecular weight is 261 g/mol.